The molecule has 8 heteroatoms. The van der Waals surface area contributed by atoms with Crippen LogP contribution in [0.5, 0.6) is 0 Å². The lowest BCUT2D eigenvalue weighted by Gasteiger charge is -2.06. The number of halogens is 3. The summed E-state index contributed by atoms with van der Waals surface area (Å²) in [5.74, 6) is -0.674. The molecule has 0 saturated heterocycles. The highest BCUT2D eigenvalue weighted by Crippen LogP contribution is 2.21. The maximum absolute atomic E-state index is 12.2. The van der Waals surface area contributed by atoms with Crippen LogP contribution >= 0.6 is 34.8 Å². The highest BCUT2D eigenvalue weighted by Gasteiger charge is 2.17. The van der Waals surface area contributed by atoms with Crippen LogP contribution in [0.15, 0.2) is 35.4 Å². The molecule has 21 heavy (non-hydrogen) atoms. The molecule has 0 aliphatic carbocycles. The van der Waals surface area contributed by atoms with E-state index in [0.717, 1.165) is 0 Å². The van der Waals surface area contributed by atoms with Crippen molar-refractivity contribution in [1.29, 1.82) is 0 Å². The highest BCUT2D eigenvalue weighted by molar-refractivity contribution is 7.89. The lowest BCUT2D eigenvalue weighted by atomic mass is 10.2. The molecule has 0 atom stereocenters. The van der Waals surface area contributed by atoms with Gasteiger partial charge in [0, 0.05) is 28.0 Å². The average molecular weight is 367 g/mol. The van der Waals surface area contributed by atoms with Crippen LogP contribution in [0.4, 0.5) is 0 Å². The number of aromatic amines is 1. The summed E-state index contributed by atoms with van der Waals surface area (Å²) in [6, 6.07) is 4.56. The van der Waals surface area contributed by atoms with Crippen LogP contribution in [0.3, 0.4) is 0 Å². The largest absolute Gasteiger partial charge is 0.366 e. The number of nitrogens with one attached hydrogen (secondary N) is 1. The van der Waals surface area contributed by atoms with Gasteiger partial charge in [-0.2, -0.15) is 0 Å². The molecule has 0 aliphatic heterocycles. The Bertz CT molecular complexity index is 811. The maximum atomic E-state index is 12.2. The summed E-state index contributed by atoms with van der Waals surface area (Å²) >= 11 is 17.3. The quantitative estimate of drug-likeness (QED) is 0.901. The van der Waals surface area contributed by atoms with Crippen molar-refractivity contribution in [2.75, 3.05) is 0 Å². The Kier molecular flexibility index (Phi) is 4.99. The number of sulfone groups is 1. The third-order valence-corrected chi connectivity index (χ3v) is 4.90. The van der Waals surface area contributed by atoms with Gasteiger partial charge in [0.1, 0.15) is 5.02 Å². The van der Waals surface area contributed by atoms with Crippen LogP contribution in [0.25, 0.3) is 0 Å². The van der Waals surface area contributed by atoms with Gasteiger partial charge in [-0.3, -0.25) is 4.79 Å². The monoisotopic (exact) mass is 365 g/mol. The van der Waals surface area contributed by atoms with E-state index in [2.05, 4.69) is 4.98 Å². The summed E-state index contributed by atoms with van der Waals surface area (Å²) < 4.78 is 24.3. The zero-order valence-electron chi connectivity index (χ0n) is 10.6. The van der Waals surface area contributed by atoms with E-state index >= 15 is 0 Å². The first-order chi connectivity index (χ1) is 9.77. The van der Waals surface area contributed by atoms with Crippen LogP contribution < -0.4 is 5.43 Å². The van der Waals surface area contributed by atoms with E-state index in [-0.39, 0.29) is 16.3 Å². The third-order valence-electron chi connectivity index (χ3n) is 2.66. The lowest BCUT2D eigenvalue weighted by molar-refractivity contribution is 0.594. The van der Waals surface area contributed by atoms with Gasteiger partial charge in [-0.25, -0.2) is 8.42 Å². The SMILES string of the molecule is O=c1c(Cl)c[nH]cc1CS(=O)(=O)Cc1cc(Cl)cc(Cl)c1. The Hall–Kier alpha value is -1.01. The van der Waals surface area contributed by atoms with Gasteiger partial charge in [-0.15, -0.1) is 0 Å². The maximum Gasteiger partial charge on any atom is 0.204 e. The molecule has 2 aromatic rings. The molecular weight excluding hydrogens is 357 g/mol. The molecule has 0 radical (unpaired) electrons. The molecule has 1 N–H and O–H groups in total. The van der Waals surface area contributed by atoms with Crippen molar-refractivity contribution in [3.63, 3.8) is 0 Å². The van der Waals surface area contributed by atoms with Crippen LogP contribution in [0, 0.1) is 0 Å². The van der Waals surface area contributed by atoms with Gasteiger partial charge in [-0.05, 0) is 23.8 Å². The van der Waals surface area contributed by atoms with Crippen LogP contribution in [0.1, 0.15) is 11.1 Å². The second-order valence-corrected chi connectivity index (χ2v) is 7.81. The second kappa shape index (κ2) is 6.40. The summed E-state index contributed by atoms with van der Waals surface area (Å²) in [7, 11) is -3.56. The summed E-state index contributed by atoms with van der Waals surface area (Å²) in [5.41, 5.74) is 0.0599. The van der Waals surface area contributed by atoms with Gasteiger partial charge in [0.15, 0.2) is 9.84 Å². The summed E-state index contributed by atoms with van der Waals surface area (Å²) in [5, 5.41) is 0.662. The van der Waals surface area contributed by atoms with Crippen molar-refractivity contribution < 1.29 is 8.42 Å². The van der Waals surface area contributed by atoms with E-state index < -0.39 is 21.0 Å². The molecule has 0 amide bonds. The van der Waals surface area contributed by atoms with Gasteiger partial charge >= 0.3 is 0 Å². The fraction of sp³-hybridized carbons (Fsp3) is 0.154. The normalized spacial score (nSPS) is 11.6. The first kappa shape index (κ1) is 16.4. The van der Waals surface area contributed by atoms with Crippen molar-refractivity contribution in [1.82, 2.24) is 4.98 Å². The minimum Gasteiger partial charge on any atom is -0.366 e. The number of hydrogen-bond donors (Lipinski definition) is 1. The van der Waals surface area contributed by atoms with Crippen LogP contribution in [0.2, 0.25) is 15.1 Å². The molecule has 0 bridgehead atoms. The summed E-state index contributed by atoms with van der Waals surface area (Å²) in [6.07, 6.45) is 2.63. The Morgan fingerprint density at radius 2 is 1.57 bits per heavy atom. The van der Waals surface area contributed by atoms with Crippen LogP contribution in [-0.2, 0) is 21.3 Å². The van der Waals surface area contributed by atoms with Gasteiger partial charge in [0.25, 0.3) is 0 Å². The van der Waals surface area contributed by atoms with Crippen molar-refractivity contribution in [2.24, 2.45) is 0 Å². The first-order valence-corrected chi connectivity index (χ1v) is 8.73. The molecule has 1 aromatic carbocycles. The predicted octanol–water partition coefficient (Wildman–Crippen LogP) is 3.45. The van der Waals surface area contributed by atoms with Gasteiger partial charge in [0.05, 0.1) is 11.5 Å². The Morgan fingerprint density at radius 1 is 0.952 bits per heavy atom. The smallest absolute Gasteiger partial charge is 0.204 e. The molecule has 0 fully saturated rings. The molecule has 1 heterocycles. The van der Waals surface area contributed by atoms with E-state index in [1.165, 1.54) is 30.6 Å². The van der Waals surface area contributed by atoms with E-state index in [4.69, 9.17) is 34.8 Å². The van der Waals surface area contributed by atoms with E-state index in [9.17, 15) is 13.2 Å². The standard InChI is InChI=1S/C13H10Cl3NO3S/c14-10-1-8(2-11(15)3-10)6-21(19,20)7-9-4-17-5-12(16)13(9)18/h1-5H,6-7H2,(H,17,18). The molecule has 0 unspecified atom stereocenters. The molecule has 2 rings (SSSR count). The Morgan fingerprint density at radius 3 is 2.19 bits per heavy atom. The van der Waals surface area contributed by atoms with E-state index in [1.54, 1.807) is 0 Å². The number of hydrogen-bond acceptors (Lipinski definition) is 3. The number of pyridine rings is 1. The van der Waals surface area contributed by atoms with Crippen molar-refractivity contribution in [2.45, 2.75) is 11.5 Å². The minimum atomic E-state index is -3.56. The number of aromatic nitrogens is 1. The first-order valence-electron chi connectivity index (χ1n) is 5.78. The van der Waals surface area contributed by atoms with E-state index in [0.29, 0.717) is 15.6 Å². The fourth-order valence-electron chi connectivity index (χ4n) is 1.84. The Labute approximate surface area is 136 Å². The minimum absolute atomic E-state index is 0.0477. The summed E-state index contributed by atoms with van der Waals surface area (Å²) in [4.78, 5) is 14.4. The molecule has 1 aromatic heterocycles. The van der Waals surface area contributed by atoms with Gasteiger partial charge in [0.2, 0.25) is 5.43 Å². The zero-order chi connectivity index (χ0) is 15.6. The van der Waals surface area contributed by atoms with Gasteiger partial charge in [-0.1, -0.05) is 34.8 Å². The third kappa shape index (κ3) is 4.48. The van der Waals surface area contributed by atoms with Crippen molar-refractivity contribution in [3.8, 4) is 0 Å². The van der Waals surface area contributed by atoms with Crippen molar-refractivity contribution >= 4 is 44.6 Å². The lowest BCUT2D eigenvalue weighted by Crippen LogP contribution is -2.16. The number of H-pyrrole nitrogens is 1. The second-order valence-electron chi connectivity index (χ2n) is 4.47. The topological polar surface area (TPSA) is 67.0 Å². The number of rotatable bonds is 4. The molecular formula is C13H10Cl3NO3S. The van der Waals surface area contributed by atoms with Gasteiger partial charge < -0.3 is 4.98 Å². The highest BCUT2D eigenvalue weighted by atomic mass is 35.5. The van der Waals surface area contributed by atoms with Crippen LogP contribution in [-0.4, -0.2) is 13.4 Å². The molecule has 4 nitrogen and oxygen atoms in total. The van der Waals surface area contributed by atoms with E-state index in [1.807, 2.05) is 0 Å². The number of benzene rings is 1. The average Bonchev–Trinajstić information content (AvgIpc) is 2.32. The molecule has 0 spiro atoms. The predicted molar refractivity (Wildman–Crippen MR) is 84.9 cm³/mol. The fourth-order valence-corrected chi connectivity index (χ4v) is 4.06. The summed E-state index contributed by atoms with van der Waals surface area (Å²) in [6.45, 7) is 0. The van der Waals surface area contributed by atoms with Crippen molar-refractivity contribution in [3.05, 3.63) is 67.0 Å². The Balaban J connectivity index is 2.27. The molecule has 112 valence electrons. The zero-order valence-corrected chi connectivity index (χ0v) is 13.7. The molecule has 0 saturated carbocycles. The molecule has 0 aliphatic rings.